The number of hydrogen-bond donors (Lipinski definition) is 1. The Labute approximate surface area is 215 Å². The van der Waals surface area contributed by atoms with Crippen molar-refractivity contribution < 1.29 is 14.3 Å². The molecule has 3 heterocycles. The van der Waals surface area contributed by atoms with Gasteiger partial charge in [0.1, 0.15) is 11.5 Å². The Morgan fingerprint density at radius 3 is 2.76 bits per heavy atom. The number of morpholine rings is 1. The predicted molar refractivity (Wildman–Crippen MR) is 142 cm³/mol. The lowest BCUT2D eigenvalue weighted by atomic mass is 10.1. The van der Waals surface area contributed by atoms with Crippen molar-refractivity contribution in [2.75, 3.05) is 37.8 Å². The molecule has 2 aromatic carbocycles. The molecular formula is C28H31N5O4. The molecule has 9 nitrogen and oxygen atoms in total. The number of para-hydroxylation sites is 1. The average Bonchev–Trinajstić information content (AvgIpc) is 3.37. The lowest BCUT2D eigenvalue weighted by Crippen LogP contribution is -2.37. The number of H-pyrrole nitrogens is 1. The maximum Gasteiger partial charge on any atom is 0.338 e. The van der Waals surface area contributed by atoms with Gasteiger partial charge in [-0.15, -0.1) is 5.10 Å². The summed E-state index contributed by atoms with van der Waals surface area (Å²) in [6.07, 6.45) is 2.68. The van der Waals surface area contributed by atoms with Gasteiger partial charge in [-0.1, -0.05) is 43.3 Å². The summed E-state index contributed by atoms with van der Waals surface area (Å²) in [6.45, 7) is 7.77. The number of nitrogens with one attached hydrogen (secondary N) is 1. The maximum absolute atomic E-state index is 12.9. The number of carbonyl (C=O) groups is 1. The molecule has 0 spiro atoms. The normalized spacial score (nSPS) is 13.9. The predicted octanol–water partition coefficient (Wildman–Crippen LogP) is 3.87. The van der Waals surface area contributed by atoms with Crippen LogP contribution >= 0.6 is 0 Å². The van der Waals surface area contributed by atoms with Crippen molar-refractivity contribution >= 4 is 22.7 Å². The fourth-order valence-electron chi connectivity index (χ4n) is 4.40. The fourth-order valence-corrected chi connectivity index (χ4v) is 4.40. The molecule has 0 amide bonds. The van der Waals surface area contributed by atoms with E-state index in [4.69, 9.17) is 9.47 Å². The van der Waals surface area contributed by atoms with Crippen molar-refractivity contribution in [3.05, 3.63) is 76.1 Å². The van der Waals surface area contributed by atoms with Crippen LogP contribution in [0, 0.1) is 5.92 Å². The minimum absolute atomic E-state index is 0.0402. The zero-order valence-electron chi connectivity index (χ0n) is 21.1. The third-order valence-electron chi connectivity index (χ3n) is 6.45. The number of fused-ring (bicyclic) bond motifs is 1. The molecule has 0 saturated carbocycles. The summed E-state index contributed by atoms with van der Waals surface area (Å²) in [7, 11) is 0. The van der Waals surface area contributed by atoms with Crippen LogP contribution in [0.15, 0.2) is 59.5 Å². The number of nitrogens with zero attached hydrogens (tertiary/aromatic N) is 4. The largest absolute Gasteiger partial charge is 0.462 e. The number of pyridine rings is 1. The minimum Gasteiger partial charge on any atom is -0.462 e. The highest BCUT2D eigenvalue weighted by molar-refractivity contribution is 5.93. The average molecular weight is 502 g/mol. The van der Waals surface area contributed by atoms with Crippen LogP contribution in [0.4, 0.5) is 5.82 Å². The quantitative estimate of drug-likeness (QED) is 0.366. The second-order valence-corrected chi connectivity index (χ2v) is 9.67. The molecule has 9 heteroatoms. The van der Waals surface area contributed by atoms with E-state index >= 15 is 0 Å². The first-order valence-corrected chi connectivity index (χ1v) is 12.6. The standard InChI is InChI=1S/C28H31N5O4/c1-19(2)9-12-37-28(35)21-6-3-5-20(15-21)17-33-18-24(30-31-33)22-7-4-8-23-25(34)16-26(29-27(22)23)32-10-13-36-14-11-32/h3-8,15-16,18-19H,9-14,17H2,1-2H3,(H,29,34). The molecule has 0 aliphatic carbocycles. The smallest absolute Gasteiger partial charge is 0.338 e. The molecule has 1 saturated heterocycles. The molecule has 1 aliphatic rings. The third-order valence-corrected chi connectivity index (χ3v) is 6.45. The molecule has 0 unspecified atom stereocenters. The van der Waals surface area contributed by atoms with Gasteiger partial charge in [0.2, 0.25) is 0 Å². The van der Waals surface area contributed by atoms with Gasteiger partial charge in [0, 0.05) is 30.1 Å². The van der Waals surface area contributed by atoms with Crippen LogP contribution in [0.3, 0.4) is 0 Å². The number of rotatable bonds is 8. The molecule has 1 aliphatic heterocycles. The number of anilines is 1. The van der Waals surface area contributed by atoms with Crippen molar-refractivity contribution in [3.8, 4) is 11.3 Å². The number of aromatic nitrogens is 4. The van der Waals surface area contributed by atoms with Crippen molar-refractivity contribution in [2.24, 2.45) is 5.92 Å². The van der Waals surface area contributed by atoms with E-state index in [-0.39, 0.29) is 11.4 Å². The second kappa shape index (κ2) is 11.0. The minimum atomic E-state index is -0.322. The van der Waals surface area contributed by atoms with Gasteiger partial charge < -0.3 is 19.4 Å². The van der Waals surface area contributed by atoms with Crippen LogP contribution in [-0.4, -0.2) is 58.9 Å². The Morgan fingerprint density at radius 1 is 1.14 bits per heavy atom. The molecule has 4 aromatic rings. The highest BCUT2D eigenvalue weighted by atomic mass is 16.5. The SMILES string of the molecule is CC(C)CCOC(=O)c1cccc(Cn2cc(-c3cccc4c(=O)cc(N5CCOCC5)[nH]c34)nn2)c1. The van der Waals surface area contributed by atoms with E-state index in [2.05, 4.69) is 34.0 Å². The fraction of sp³-hybridized carbons (Fsp3) is 0.357. The summed E-state index contributed by atoms with van der Waals surface area (Å²) in [4.78, 5) is 30.9. The van der Waals surface area contributed by atoms with E-state index < -0.39 is 0 Å². The van der Waals surface area contributed by atoms with Crippen LogP contribution in [-0.2, 0) is 16.0 Å². The number of aromatic amines is 1. The van der Waals surface area contributed by atoms with Gasteiger partial charge in [-0.3, -0.25) is 4.79 Å². The summed E-state index contributed by atoms with van der Waals surface area (Å²) < 4.78 is 12.6. The molecule has 37 heavy (non-hydrogen) atoms. The van der Waals surface area contributed by atoms with Gasteiger partial charge in [-0.25, -0.2) is 9.48 Å². The highest BCUT2D eigenvalue weighted by Gasteiger charge is 2.16. The van der Waals surface area contributed by atoms with Crippen molar-refractivity contribution in [2.45, 2.75) is 26.8 Å². The number of hydrogen-bond acceptors (Lipinski definition) is 7. The van der Waals surface area contributed by atoms with E-state index in [0.717, 1.165) is 42.0 Å². The van der Waals surface area contributed by atoms with Gasteiger partial charge in [-0.2, -0.15) is 0 Å². The number of benzene rings is 2. The molecule has 2 aromatic heterocycles. The topological polar surface area (TPSA) is 102 Å². The van der Waals surface area contributed by atoms with Crippen LogP contribution in [0.5, 0.6) is 0 Å². The molecule has 0 radical (unpaired) electrons. The number of ether oxygens (including phenoxy) is 2. The molecule has 192 valence electrons. The first-order chi connectivity index (χ1) is 18.0. The summed E-state index contributed by atoms with van der Waals surface area (Å²) in [5.74, 6) is 0.932. The van der Waals surface area contributed by atoms with Crippen LogP contribution in [0.1, 0.15) is 36.2 Å². The highest BCUT2D eigenvalue weighted by Crippen LogP contribution is 2.26. The molecule has 1 N–H and O–H groups in total. The second-order valence-electron chi connectivity index (χ2n) is 9.67. The first kappa shape index (κ1) is 24.7. The van der Waals surface area contributed by atoms with Crippen molar-refractivity contribution in [1.82, 2.24) is 20.0 Å². The summed E-state index contributed by atoms with van der Waals surface area (Å²) >= 11 is 0. The van der Waals surface area contributed by atoms with E-state index in [0.29, 0.717) is 48.9 Å². The summed E-state index contributed by atoms with van der Waals surface area (Å²) in [5.41, 5.74) is 3.58. The molecule has 1 fully saturated rings. The Morgan fingerprint density at radius 2 is 1.95 bits per heavy atom. The molecule has 0 atom stereocenters. The molecular weight excluding hydrogens is 470 g/mol. The van der Waals surface area contributed by atoms with E-state index in [1.807, 2.05) is 42.6 Å². The first-order valence-electron chi connectivity index (χ1n) is 12.6. The number of carbonyl (C=O) groups excluding carboxylic acids is 1. The molecule has 0 bridgehead atoms. The van der Waals surface area contributed by atoms with Crippen LogP contribution in [0.2, 0.25) is 0 Å². The van der Waals surface area contributed by atoms with E-state index in [1.165, 1.54) is 0 Å². The van der Waals surface area contributed by atoms with Crippen LogP contribution in [0.25, 0.3) is 22.2 Å². The number of esters is 1. The zero-order valence-corrected chi connectivity index (χ0v) is 21.1. The molecule has 5 rings (SSSR count). The Kier molecular flexibility index (Phi) is 7.32. The van der Waals surface area contributed by atoms with Gasteiger partial charge in [0.05, 0.1) is 43.6 Å². The summed E-state index contributed by atoms with van der Waals surface area (Å²) in [6, 6.07) is 14.6. The third kappa shape index (κ3) is 5.72. The zero-order chi connectivity index (χ0) is 25.8. The Balaban J connectivity index is 1.37. The Hall–Kier alpha value is -3.98. The van der Waals surface area contributed by atoms with Gasteiger partial charge in [0.25, 0.3) is 0 Å². The van der Waals surface area contributed by atoms with E-state index in [9.17, 15) is 9.59 Å². The lowest BCUT2D eigenvalue weighted by Gasteiger charge is -2.28. The van der Waals surface area contributed by atoms with Crippen molar-refractivity contribution in [3.63, 3.8) is 0 Å². The van der Waals surface area contributed by atoms with Gasteiger partial charge in [-0.05, 0) is 36.1 Å². The van der Waals surface area contributed by atoms with Crippen LogP contribution < -0.4 is 10.3 Å². The van der Waals surface area contributed by atoms with Gasteiger partial charge >= 0.3 is 5.97 Å². The summed E-state index contributed by atoms with van der Waals surface area (Å²) in [5, 5.41) is 9.29. The van der Waals surface area contributed by atoms with Gasteiger partial charge in [0.15, 0.2) is 5.43 Å². The van der Waals surface area contributed by atoms with Crippen molar-refractivity contribution in [1.29, 1.82) is 0 Å². The van der Waals surface area contributed by atoms with E-state index in [1.54, 1.807) is 16.8 Å². The maximum atomic E-state index is 12.9. The lowest BCUT2D eigenvalue weighted by molar-refractivity contribution is 0.0488. The monoisotopic (exact) mass is 501 g/mol. The Bertz CT molecular complexity index is 1450.